The smallest absolute Gasteiger partial charge is 0.331 e. The fourth-order valence-corrected chi connectivity index (χ4v) is 4.05. The Morgan fingerprint density at radius 1 is 1.11 bits per heavy atom. The average molecular weight is 400 g/mol. The molecule has 0 saturated carbocycles. The number of thiophene rings is 1. The van der Waals surface area contributed by atoms with Crippen LogP contribution in [0.25, 0.3) is 16.2 Å². The zero-order valence-electron chi connectivity index (χ0n) is 14.9. The van der Waals surface area contributed by atoms with Crippen molar-refractivity contribution in [3.05, 3.63) is 69.6 Å². The largest absolute Gasteiger partial charge is 0.452 e. The van der Waals surface area contributed by atoms with Gasteiger partial charge in [0.1, 0.15) is 0 Å². The topological polar surface area (TPSA) is 55.4 Å². The molecular weight excluding hydrogens is 382 g/mol. The summed E-state index contributed by atoms with van der Waals surface area (Å²) in [4.78, 5) is 24.7. The molecule has 1 N–H and O–H groups in total. The van der Waals surface area contributed by atoms with E-state index < -0.39 is 5.97 Å². The van der Waals surface area contributed by atoms with Crippen molar-refractivity contribution in [3.63, 3.8) is 0 Å². The second-order valence-corrected chi connectivity index (χ2v) is 7.49. The Morgan fingerprint density at radius 2 is 1.81 bits per heavy atom. The van der Waals surface area contributed by atoms with Crippen molar-refractivity contribution < 1.29 is 14.3 Å². The molecule has 2 aromatic carbocycles. The van der Waals surface area contributed by atoms with Crippen LogP contribution < -0.4 is 5.32 Å². The number of ether oxygens (including phenoxy) is 1. The third-order valence-electron chi connectivity index (χ3n) is 4.02. The van der Waals surface area contributed by atoms with Crippen LogP contribution in [0, 0.1) is 13.8 Å². The summed E-state index contributed by atoms with van der Waals surface area (Å²) in [5.41, 5.74) is 2.65. The Balaban J connectivity index is 1.58. The number of amides is 1. The van der Waals surface area contributed by atoms with Crippen molar-refractivity contribution in [2.24, 2.45) is 0 Å². The van der Waals surface area contributed by atoms with Gasteiger partial charge in [-0.25, -0.2) is 4.79 Å². The van der Waals surface area contributed by atoms with Gasteiger partial charge in [0.25, 0.3) is 5.91 Å². The zero-order chi connectivity index (χ0) is 19.4. The number of para-hydroxylation sites is 1. The van der Waals surface area contributed by atoms with Crippen molar-refractivity contribution in [3.8, 4) is 0 Å². The van der Waals surface area contributed by atoms with Crippen LogP contribution in [0.15, 0.2) is 48.5 Å². The van der Waals surface area contributed by atoms with Crippen LogP contribution >= 0.6 is 22.9 Å². The maximum atomic E-state index is 12.0. The molecule has 0 atom stereocenters. The highest BCUT2D eigenvalue weighted by Crippen LogP contribution is 2.35. The lowest BCUT2D eigenvalue weighted by Gasteiger charge is -2.11. The first kappa shape index (κ1) is 19.1. The van der Waals surface area contributed by atoms with Crippen molar-refractivity contribution in [1.82, 2.24) is 0 Å². The molecule has 27 heavy (non-hydrogen) atoms. The molecule has 0 bridgehead atoms. The summed E-state index contributed by atoms with van der Waals surface area (Å²) in [5.74, 6) is -0.978. The predicted molar refractivity (Wildman–Crippen MR) is 111 cm³/mol. The highest BCUT2D eigenvalue weighted by molar-refractivity contribution is 7.20. The average Bonchev–Trinajstić information content (AvgIpc) is 2.97. The van der Waals surface area contributed by atoms with Crippen molar-refractivity contribution in [2.75, 3.05) is 11.9 Å². The molecule has 1 amide bonds. The molecule has 0 spiro atoms. The van der Waals surface area contributed by atoms with Crippen LogP contribution in [0.1, 0.15) is 16.0 Å². The normalized spacial score (nSPS) is 11.1. The Kier molecular flexibility index (Phi) is 5.94. The zero-order valence-corrected chi connectivity index (χ0v) is 16.5. The minimum Gasteiger partial charge on any atom is -0.452 e. The molecule has 0 aliphatic heterocycles. The number of esters is 1. The summed E-state index contributed by atoms with van der Waals surface area (Å²) in [6.07, 6.45) is 2.89. The molecule has 1 aromatic heterocycles. The number of carbonyl (C=O) groups excluding carboxylic acids is 2. The molecule has 0 aliphatic carbocycles. The molecule has 0 unspecified atom stereocenters. The van der Waals surface area contributed by atoms with Crippen LogP contribution in [0.5, 0.6) is 0 Å². The van der Waals surface area contributed by atoms with E-state index in [9.17, 15) is 9.59 Å². The van der Waals surface area contributed by atoms with Gasteiger partial charge in [0.15, 0.2) is 6.61 Å². The maximum absolute atomic E-state index is 12.0. The van der Waals surface area contributed by atoms with Crippen molar-refractivity contribution in [1.29, 1.82) is 0 Å². The first-order valence-electron chi connectivity index (χ1n) is 8.33. The highest BCUT2D eigenvalue weighted by Gasteiger charge is 2.10. The van der Waals surface area contributed by atoms with Gasteiger partial charge >= 0.3 is 5.97 Å². The Hall–Kier alpha value is -2.63. The number of halogens is 1. The molecule has 4 nitrogen and oxygen atoms in total. The monoisotopic (exact) mass is 399 g/mol. The van der Waals surface area contributed by atoms with Gasteiger partial charge in [-0.05, 0) is 37.1 Å². The van der Waals surface area contributed by atoms with Gasteiger partial charge in [0.05, 0.1) is 5.02 Å². The van der Waals surface area contributed by atoms with E-state index in [1.807, 2.05) is 56.3 Å². The standard InChI is InChI=1S/C21H18ClNO3S/c1-13-6-5-7-14(2)21(13)23-18(24)12-26-19(25)11-10-17-20(22)15-8-3-4-9-16(15)27-17/h3-11H,12H2,1-2H3,(H,23,24)/b11-10+. The summed E-state index contributed by atoms with van der Waals surface area (Å²) < 4.78 is 6.06. The van der Waals surface area contributed by atoms with E-state index in [-0.39, 0.29) is 12.5 Å². The number of fused-ring (bicyclic) bond motifs is 1. The number of hydrogen-bond acceptors (Lipinski definition) is 4. The molecule has 3 rings (SSSR count). The summed E-state index contributed by atoms with van der Waals surface area (Å²) in [7, 11) is 0. The van der Waals surface area contributed by atoms with E-state index in [1.54, 1.807) is 6.08 Å². The fraction of sp³-hybridized carbons (Fsp3) is 0.143. The molecule has 3 aromatic rings. The lowest BCUT2D eigenvalue weighted by molar-refractivity contribution is -0.142. The summed E-state index contributed by atoms with van der Waals surface area (Å²) >= 11 is 7.82. The lowest BCUT2D eigenvalue weighted by Crippen LogP contribution is -2.21. The van der Waals surface area contributed by atoms with Gasteiger partial charge in [0.2, 0.25) is 0 Å². The Labute approximate surface area is 166 Å². The van der Waals surface area contributed by atoms with Gasteiger partial charge in [-0.2, -0.15) is 0 Å². The van der Waals surface area contributed by atoms with Crippen LogP contribution in [-0.2, 0) is 14.3 Å². The lowest BCUT2D eigenvalue weighted by atomic mass is 10.1. The first-order valence-corrected chi connectivity index (χ1v) is 9.53. The SMILES string of the molecule is Cc1cccc(C)c1NC(=O)COC(=O)/C=C/c1sc2ccccc2c1Cl. The second-order valence-electron chi connectivity index (χ2n) is 6.03. The van der Waals surface area contributed by atoms with E-state index in [0.717, 1.165) is 31.8 Å². The van der Waals surface area contributed by atoms with Crippen LogP contribution in [0.4, 0.5) is 5.69 Å². The van der Waals surface area contributed by atoms with Crippen LogP contribution in [-0.4, -0.2) is 18.5 Å². The number of rotatable bonds is 5. The van der Waals surface area contributed by atoms with Gasteiger partial charge in [-0.3, -0.25) is 4.79 Å². The third kappa shape index (κ3) is 4.56. The van der Waals surface area contributed by atoms with Gasteiger partial charge in [0, 0.05) is 26.7 Å². The van der Waals surface area contributed by atoms with E-state index in [0.29, 0.717) is 5.02 Å². The van der Waals surface area contributed by atoms with E-state index in [4.69, 9.17) is 16.3 Å². The fourth-order valence-electron chi connectivity index (χ4n) is 2.66. The summed E-state index contributed by atoms with van der Waals surface area (Å²) in [5, 5.41) is 4.33. The van der Waals surface area contributed by atoms with E-state index in [2.05, 4.69) is 5.32 Å². The van der Waals surface area contributed by atoms with Crippen LogP contribution in [0.3, 0.4) is 0 Å². The molecule has 138 valence electrons. The van der Waals surface area contributed by atoms with Crippen molar-refractivity contribution in [2.45, 2.75) is 13.8 Å². The number of benzene rings is 2. The number of carbonyl (C=O) groups is 2. The molecule has 0 fully saturated rings. The first-order chi connectivity index (χ1) is 13.0. The minimum atomic E-state index is -0.597. The molecule has 0 saturated heterocycles. The molecule has 0 radical (unpaired) electrons. The van der Waals surface area contributed by atoms with E-state index in [1.165, 1.54) is 17.4 Å². The molecule has 0 aliphatic rings. The number of anilines is 1. The van der Waals surface area contributed by atoms with E-state index >= 15 is 0 Å². The molecule has 1 heterocycles. The second kappa shape index (κ2) is 8.37. The number of hydrogen-bond donors (Lipinski definition) is 1. The molecular formula is C21H18ClNO3S. The summed E-state index contributed by atoms with van der Waals surface area (Å²) in [6.45, 7) is 3.47. The third-order valence-corrected chi connectivity index (χ3v) is 5.68. The maximum Gasteiger partial charge on any atom is 0.331 e. The Morgan fingerprint density at radius 3 is 2.52 bits per heavy atom. The minimum absolute atomic E-state index is 0.350. The number of nitrogens with one attached hydrogen (secondary N) is 1. The van der Waals surface area contributed by atoms with Gasteiger partial charge in [-0.15, -0.1) is 11.3 Å². The van der Waals surface area contributed by atoms with Gasteiger partial charge < -0.3 is 10.1 Å². The number of aryl methyl sites for hydroxylation is 2. The quantitative estimate of drug-likeness (QED) is 0.463. The highest BCUT2D eigenvalue weighted by atomic mass is 35.5. The van der Waals surface area contributed by atoms with Crippen LogP contribution in [0.2, 0.25) is 5.02 Å². The predicted octanol–water partition coefficient (Wildman–Crippen LogP) is 5.37. The van der Waals surface area contributed by atoms with Crippen molar-refractivity contribution >= 4 is 56.7 Å². The summed E-state index contributed by atoms with van der Waals surface area (Å²) in [6, 6.07) is 13.5. The van der Waals surface area contributed by atoms with Gasteiger partial charge in [-0.1, -0.05) is 48.0 Å². The molecule has 6 heteroatoms. The Bertz CT molecular complexity index is 1020.